The van der Waals surface area contributed by atoms with Crippen molar-refractivity contribution >= 4 is 45.7 Å². The second kappa shape index (κ2) is 15.3. The molecule has 3 N–H and O–H groups in total. The lowest BCUT2D eigenvalue weighted by molar-refractivity contribution is -0.130. The molecule has 1 saturated heterocycles. The summed E-state index contributed by atoms with van der Waals surface area (Å²) in [6.45, 7) is 3.52. The smallest absolute Gasteiger partial charge is 0.226 e. The SMILES string of the molecule is CCC(=O)CCCCC[C@H](NC(=O)C1CN(C)C1)c1ncc(COc2cc3c(Nc4ccc(F)c(Cl)c4)ncnc3cc2OC)[nH]1. The van der Waals surface area contributed by atoms with Crippen LogP contribution in [0.15, 0.2) is 42.9 Å². The third-order valence-corrected chi connectivity index (χ3v) is 8.35. The maximum absolute atomic E-state index is 13.7. The zero-order valence-corrected chi connectivity index (χ0v) is 27.0. The van der Waals surface area contributed by atoms with Crippen LogP contribution in [0.1, 0.15) is 63.0 Å². The predicted octanol–water partition coefficient (Wildman–Crippen LogP) is 6.13. The molecule has 0 bridgehead atoms. The van der Waals surface area contributed by atoms with Crippen molar-refractivity contribution in [3.8, 4) is 11.5 Å². The third-order valence-electron chi connectivity index (χ3n) is 8.06. The Bertz CT molecular complexity index is 1680. The van der Waals surface area contributed by atoms with Crippen molar-refractivity contribution in [2.75, 3.05) is 32.6 Å². The molecule has 0 saturated carbocycles. The second-order valence-electron chi connectivity index (χ2n) is 11.5. The molecule has 244 valence electrons. The van der Waals surface area contributed by atoms with Gasteiger partial charge in [0.25, 0.3) is 0 Å². The molecule has 1 aliphatic rings. The lowest BCUT2D eigenvalue weighted by Gasteiger charge is -2.35. The number of benzene rings is 2. The summed E-state index contributed by atoms with van der Waals surface area (Å²) in [5.41, 5.74) is 1.90. The summed E-state index contributed by atoms with van der Waals surface area (Å²) in [5, 5.41) is 7.01. The number of methoxy groups -OCH3 is 1. The maximum Gasteiger partial charge on any atom is 0.226 e. The van der Waals surface area contributed by atoms with Crippen molar-refractivity contribution in [1.29, 1.82) is 0 Å². The summed E-state index contributed by atoms with van der Waals surface area (Å²) in [4.78, 5) is 43.4. The van der Waals surface area contributed by atoms with E-state index in [0.29, 0.717) is 59.0 Å². The van der Waals surface area contributed by atoms with Crippen molar-refractivity contribution in [2.24, 2.45) is 5.92 Å². The topological polar surface area (TPSA) is 134 Å². The van der Waals surface area contributed by atoms with E-state index in [1.165, 1.54) is 18.5 Å². The van der Waals surface area contributed by atoms with Gasteiger partial charge in [0.2, 0.25) is 5.91 Å². The number of Topliss-reactive ketones (excluding diaryl/α,β-unsaturated/α-hetero) is 1. The van der Waals surface area contributed by atoms with Gasteiger partial charge in [0, 0.05) is 43.1 Å². The molecule has 0 radical (unpaired) electrons. The lowest BCUT2D eigenvalue weighted by Crippen LogP contribution is -2.52. The number of rotatable bonds is 16. The number of unbranched alkanes of at least 4 members (excludes halogenated alkanes) is 2. The van der Waals surface area contributed by atoms with Crippen molar-refractivity contribution in [3.63, 3.8) is 0 Å². The second-order valence-corrected chi connectivity index (χ2v) is 12.0. The highest BCUT2D eigenvalue weighted by Crippen LogP contribution is 2.35. The number of carbonyl (C=O) groups excluding carboxylic acids is 2. The van der Waals surface area contributed by atoms with E-state index in [-0.39, 0.29) is 35.3 Å². The molecular formula is C33H39ClFN7O4. The van der Waals surface area contributed by atoms with Gasteiger partial charge < -0.3 is 30.0 Å². The number of nitrogens with zero attached hydrogens (tertiary/aromatic N) is 4. The van der Waals surface area contributed by atoms with Gasteiger partial charge in [-0.25, -0.2) is 19.3 Å². The molecule has 0 spiro atoms. The molecule has 46 heavy (non-hydrogen) atoms. The van der Waals surface area contributed by atoms with Gasteiger partial charge in [0.05, 0.1) is 41.5 Å². The molecule has 2 aromatic heterocycles. The van der Waals surface area contributed by atoms with E-state index < -0.39 is 5.82 Å². The Balaban J connectivity index is 1.28. The molecule has 1 amide bonds. The van der Waals surface area contributed by atoms with Crippen molar-refractivity contribution in [1.82, 2.24) is 30.2 Å². The van der Waals surface area contributed by atoms with Crippen molar-refractivity contribution in [2.45, 2.75) is 58.1 Å². The summed E-state index contributed by atoms with van der Waals surface area (Å²) in [7, 11) is 3.54. The van der Waals surface area contributed by atoms with Gasteiger partial charge in [-0.1, -0.05) is 31.4 Å². The van der Waals surface area contributed by atoms with E-state index in [4.69, 9.17) is 21.1 Å². The fourth-order valence-corrected chi connectivity index (χ4v) is 5.57. The number of fused-ring (bicyclic) bond motifs is 1. The zero-order valence-electron chi connectivity index (χ0n) is 26.2. The number of imidazole rings is 1. The first-order chi connectivity index (χ1) is 22.2. The van der Waals surface area contributed by atoms with E-state index in [2.05, 4.69) is 35.5 Å². The largest absolute Gasteiger partial charge is 0.493 e. The van der Waals surface area contributed by atoms with Crippen LogP contribution in [0.25, 0.3) is 10.9 Å². The average molecular weight is 652 g/mol. The number of ether oxygens (including phenoxy) is 2. The number of hydrogen-bond donors (Lipinski definition) is 3. The zero-order chi connectivity index (χ0) is 32.6. The van der Waals surface area contributed by atoms with Gasteiger partial charge in [-0.15, -0.1) is 0 Å². The average Bonchev–Trinajstić information content (AvgIpc) is 3.51. The number of likely N-dealkylation sites (tertiary alicyclic amines) is 1. The molecule has 11 nitrogen and oxygen atoms in total. The van der Waals surface area contributed by atoms with Gasteiger partial charge in [-0.3, -0.25) is 9.59 Å². The number of aromatic nitrogens is 4. The third kappa shape index (κ3) is 8.29. The number of aromatic amines is 1. The molecule has 0 unspecified atom stereocenters. The van der Waals surface area contributed by atoms with Gasteiger partial charge in [-0.2, -0.15) is 0 Å². The fraction of sp³-hybridized carbons (Fsp3) is 0.424. The van der Waals surface area contributed by atoms with Crippen molar-refractivity contribution in [3.05, 3.63) is 65.2 Å². The molecule has 1 atom stereocenters. The van der Waals surface area contributed by atoms with Crippen LogP contribution in [-0.4, -0.2) is 63.8 Å². The van der Waals surface area contributed by atoms with Crippen LogP contribution in [0, 0.1) is 11.7 Å². The minimum absolute atomic E-state index is 0.00566. The summed E-state index contributed by atoms with van der Waals surface area (Å²) in [6, 6.07) is 7.58. The number of anilines is 2. The highest BCUT2D eigenvalue weighted by molar-refractivity contribution is 6.31. The summed E-state index contributed by atoms with van der Waals surface area (Å²) in [5.74, 6) is 1.84. The number of H-pyrrole nitrogens is 1. The molecule has 4 aromatic rings. The molecule has 3 heterocycles. The summed E-state index contributed by atoms with van der Waals surface area (Å²) < 4.78 is 25.4. The fourth-order valence-electron chi connectivity index (χ4n) is 5.38. The molecule has 1 aliphatic heterocycles. The number of halogens is 2. The number of hydrogen-bond acceptors (Lipinski definition) is 9. The van der Waals surface area contributed by atoms with Gasteiger partial charge in [0.15, 0.2) is 11.5 Å². The Morgan fingerprint density at radius 3 is 2.70 bits per heavy atom. The number of nitrogens with one attached hydrogen (secondary N) is 3. The minimum atomic E-state index is -0.512. The highest BCUT2D eigenvalue weighted by atomic mass is 35.5. The van der Waals surface area contributed by atoms with Crippen LogP contribution >= 0.6 is 11.6 Å². The Hall–Kier alpha value is -4.29. The molecule has 13 heteroatoms. The molecule has 1 fully saturated rings. The Morgan fingerprint density at radius 2 is 1.96 bits per heavy atom. The lowest BCUT2D eigenvalue weighted by atomic mass is 9.98. The van der Waals surface area contributed by atoms with Crippen LogP contribution in [0.2, 0.25) is 5.02 Å². The minimum Gasteiger partial charge on any atom is -0.493 e. The first-order valence-electron chi connectivity index (χ1n) is 15.5. The number of carbonyl (C=O) groups is 2. The quantitative estimate of drug-likeness (QED) is 0.122. The van der Waals surface area contributed by atoms with E-state index in [0.717, 1.165) is 38.0 Å². The predicted molar refractivity (Wildman–Crippen MR) is 174 cm³/mol. The van der Waals surface area contributed by atoms with Crippen molar-refractivity contribution < 1.29 is 23.5 Å². The maximum atomic E-state index is 13.7. The summed E-state index contributed by atoms with van der Waals surface area (Å²) >= 11 is 5.96. The van der Waals surface area contributed by atoms with Crippen LogP contribution in [0.3, 0.4) is 0 Å². The molecule has 2 aromatic carbocycles. The first kappa shape index (κ1) is 33.1. The van der Waals surface area contributed by atoms with Crippen LogP contribution < -0.4 is 20.1 Å². The number of amides is 1. The van der Waals surface area contributed by atoms with Gasteiger partial charge in [-0.05, 0) is 44.2 Å². The Morgan fingerprint density at radius 1 is 1.13 bits per heavy atom. The van der Waals surface area contributed by atoms with Crippen LogP contribution in [0.5, 0.6) is 11.5 Å². The number of ketones is 1. The molecular weight excluding hydrogens is 613 g/mol. The monoisotopic (exact) mass is 651 g/mol. The van der Waals surface area contributed by atoms with Crippen LogP contribution in [0.4, 0.5) is 15.9 Å². The Kier molecular flexibility index (Phi) is 11.0. The standard InChI is InChI=1S/C33H39ClFN7O4/c1-4-23(43)8-6-5-7-9-27(41-33(44)20-16-42(2)17-20)32-36-15-22(40-32)18-46-30-13-24-28(14-29(30)45-3)37-19-38-31(24)39-21-10-11-26(35)25(34)12-21/h10-15,19-20,27H,4-9,16-18H2,1-3H3,(H,36,40)(H,41,44)(H,37,38,39)/t27-/m0/s1. The van der Waals surface area contributed by atoms with Gasteiger partial charge >= 0.3 is 0 Å². The Labute approximate surface area is 272 Å². The highest BCUT2D eigenvalue weighted by Gasteiger charge is 2.31. The molecule has 0 aliphatic carbocycles. The van der Waals surface area contributed by atoms with Gasteiger partial charge in [0.1, 0.15) is 36.2 Å². The summed E-state index contributed by atoms with van der Waals surface area (Å²) in [6.07, 6.45) is 7.58. The van der Waals surface area contributed by atoms with E-state index >= 15 is 0 Å². The normalized spacial score (nSPS) is 14.1. The van der Waals surface area contributed by atoms with E-state index in [1.54, 1.807) is 31.5 Å². The first-order valence-corrected chi connectivity index (χ1v) is 15.8. The van der Waals surface area contributed by atoms with E-state index in [1.807, 2.05) is 14.0 Å². The van der Waals surface area contributed by atoms with E-state index in [9.17, 15) is 14.0 Å². The molecule has 5 rings (SSSR count). The van der Waals surface area contributed by atoms with Crippen LogP contribution in [-0.2, 0) is 16.2 Å².